The molecule has 1 aromatic carbocycles. The molecule has 1 heterocycles. The molecule has 2 aromatic rings. The van der Waals surface area contributed by atoms with Gasteiger partial charge in [0.05, 0.1) is 17.3 Å². The smallest absolute Gasteiger partial charge is 0.305 e. The van der Waals surface area contributed by atoms with Gasteiger partial charge in [-0.2, -0.15) is 18.3 Å². The number of aryl methyl sites for hydroxylation is 1. The summed E-state index contributed by atoms with van der Waals surface area (Å²) in [5.41, 5.74) is 0.170. The predicted octanol–water partition coefficient (Wildman–Crippen LogP) is 3.53. The summed E-state index contributed by atoms with van der Waals surface area (Å²) in [6.45, 7) is 2.59. The van der Waals surface area contributed by atoms with Crippen LogP contribution in [-0.2, 0) is 13.2 Å². The zero-order valence-corrected chi connectivity index (χ0v) is 12.0. The molecule has 6 heteroatoms. The van der Waals surface area contributed by atoms with Gasteiger partial charge in [0.15, 0.2) is 0 Å². The zero-order chi connectivity index (χ0) is 15.5. The van der Waals surface area contributed by atoms with E-state index in [1.54, 1.807) is 30.1 Å². The van der Waals surface area contributed by atoms with Crippen molar-refractivity contribution in [2.75, 3.05) is 6.54 Å². The summed E-state index contributed by atoms with van der Waals surface area (Å²) in [4.78, 5) is 0. The van der Waals surface area contributed by atoms with E-state index >= 15 is 0 Å². The van der Waals surface area contributed by atoms with E-state index in [-0.39, 0.29) is 5.56 Å². The Morgan fingerprint density at radius 1 is 1.24 bits per heavy atom. The van der Waals surface area contributed by atoms with E-state index < -0.39 is 17.8 Å². The first-order valence-corrected chi connectivity index (χ1v) is 6.82. The first-order chi connectivity index (χ1) is 9.93. The standard InChI is InChI=1S/C15H18F3N3/c1-3-9-19-14(13-8-10-21(2)20-13)11-6-4-5-7-12(11)15(16,17)18/h4-8,10,14,19H,3,9H2,1-2H3. The molecule has 0 aliphatic heterocycles. The van der Waals surface area contributed by atoms with Crippen molar-refractivity contribution < 1.29 is 13.2 Å². The summed E-state index contributed by atoms with van der Waals surface area (Å²) in [6.07, 6.45) is -1.82. The molecule has 21 heavy (non-hydrogen) atoms. The van der Waals surface area contributed by atoms with Crippen molar-refractivity contribution in [1.29, 1.82) is 0 Å². The third kappa shape index (κ3) is 3.64. The molecule has 0 amide bonds. The highest BCUT2D eigenvalue weighted by Gasteiger charge is 2.35. The molecule has 0 bridgehead atoms. The summed E-state index contributed by atoms with van der Waals surface area (Å²) in [7, 11) is 1.75. The van der Waals surface area contributed by atoms with Crippen molar-refractivity contribution in [3.63, 3.8) is 0 Å². The van der Waals surface area contributed by atoms with Gasteiger partial charge in [0.1, 0.15) is 0 Å². The molecule has 0 fully saturated rings. The van der Waals surface area contributed by atoms with Crippen LogP contribution in [0.5, 0.6) is 0 Å². The molecule has 0 saturated carbocycles. The fourth-order valence-electron chi connectivity index (χ4n) is 2.26. The molecular weight excluding hydrogens is 279 g/mol. The summed E-state index contributed by atoms with van der Waals surface area (Å²) >= 11 is 0. The van der Waals surface area contributed by atoms with Gasteiger partial charge in [-0.1, -0.05) is 25.1 Å². The average molecular weight is 297 g/mol. The van der Waals surface area contributed by atoms with Crippen LogP contribution < -0.4 is 5.32 Å². The van der Waals surface area contributed by atoms with E-state index in [9.17, 15) is 13.2 Å². The van der Waals surface area contributed by atoms with Crippen molar-refractivity contribution in [2.45, 2.75) is 25.6 Å². The third-order valence-electron chi connectivity index (χ3n) is 3.21. The molecule has 1 aromatic heterocycles. The van der Waals surface area contributed by atoms with Crippen molar-refractivity contribution in [1.82, 2.24) is 15.1 Å². The van der Waals surface area contributed by atoms with Crippen LogP contribution in [0.15, 0.2) is 36.5 Å². The number of hydrogen-bond acceptors (Lipinski definition) is 2. The predicted molar refractivity (Wildman–Crippen MR) is 74.8 cm³/mol. The molecule has 0 saturated heterocycles. The number of rotatable bonds is 5. The van der Waals surface area contributed by atoms with Crippen LogP contribution in [0.2, 0.25) is 0 Å². The normalized spacial score (nSPS) is 13.4. The number of alkyl halides is 3. The Balaban J connectivity index is 2.46. The summed E-state index contributed by atoms with van der Waals surface area (Å²) in [5, 5.41) is 7.40. The van der Waals surface area contributed by atoms with Gasteiger partial charge in [0.25, 0.3) is 0 Å². The SMILES string of the molecule is CCCNC(c1ccn(C)n1)c1ccccc1C(F)(F)F. The largest absolute Gasteiger partial charge is 0.416 e. The lowest BCUT2D eigenvalue weighted by molar-refractivity contribution is -0.138. The molecule has 1 unspecified atom stereocenters. The minimum Gasteiger partial charge on any atom is -0.305 e. The van der Waals surface area contributed by atoms with Gasteiger partial charge in [0.2, 0.25) is 0 Å². The molecule has 114 valence electrons. The second-order valence-electron chi connectivity index (χ2n) is 4.89. The monoisotopic (exact) mass is 297 g/mol. The van der Waals surface area contributed by atoms with E-state index in [1.165, 1.54) is 12.1 Å². The number of nitrogens with one attached hydrogen (secondary N) is 1. The van der Waals surface area contributed by atoms with Gasteiger partial charge >= 0.3 is 6.18 Å². The molecule has 0 spiro atoms. The molecule has 1 atom stereocenters. The molecule has 3 nitrogen and oxygen atoms in total. The molecule has 0 aliphatic rings. The molecule has 0 aliphatic carbocycles. The number of nitrogens with zero attached hydrogens (tertiary/aromatic N) is 2. The van der Waals surface area contributed by atoms with E-state index in [2.05, 4.69) is 10.4 Å². The van der Waals surface area contributed by atoms with Crippen LogP contribution in [0.25, 0.3) is 0 Å². The van der Waals surface area contributed by atoms with E-state index in [1.807, 2.05) is 6.92 Å². The van der Waals surface area contributed by atoms with Crippen LogP contribution in [0, 0.1) is 0 Å². The second kappa shape index (κ2) is 6.30. The topological polar surface area (TPSA) is 29.9 Å². The van der Waals surface area contributed by atoms with E-state index in [0.717, 1.165) is 12.5 Å². The zero-order valence-electron chi connectivity index (χ0n) is 12.0. The average Bonchev–Trinajstić information content (AvgIpc) is 2.85. The third-order valence-corrected chi connectivity index (χ3v) is 3.21. The van der Waals surface area contributed by atoms with Crippen molar-refractivity contribution >= 4 is 0 Å². The quantitative estimate of drug-likeness (QED) is 0.915. The highest BCUT2D eigenvalue weighted by molar-refractivity contribution is 5.36. The Bertz CT molecular complexity index is 590. The van der Waals surface area contributed by atoms with Gasteiger partial charge in [-0.05, 0) is 30.7 Å². The summed E-state index contributed by atoms with van der Waals surface area (Å²) in [5.74, 6) is 0. The van der Waals surface area contributed by atoms with Crippen LogP contribution in [-0.4, -0.2) is 16.3 Å². The second-order valence-corrected chi connectivity index (χ2v) is 4.89. The minimum atomic E-state index is -4.38. The van der Waals surface area contributed by atoms with Gasteiger partial charge in [-0.15, -0.1) is 0 Å². The molecular formula is C15H18F3N3. The number of hydrogen-bond donors (Lipinski definition) is 1. The van der Waals surface area contributed by atoms with Gasteiger partial charge < -0.3 is 5.32 Å². The molecule has 0 radical (unpaired) electrons. The Morgan fingerprint density at radius 2 is 1.95 bits per heavy atom. The Kier molecular flexibility index (Phi) is 4.67. The Hall–Kier alpha value is -1.82. The summed E-state index contributed by atoms with van der Waals surface area (Å²) in [6, 6.07) is 6.81. The van der Waals surface area contributed by atoms with E-state index in [0.29, 0.717) is 12.2 Å². The Labute approximate surface area is 121 Å². The fraction of sp³-hybridized carbons (Fsp3) is 0.400. The lowest BCUT2D eigenvalue weighted by Gasteiger charge is -2.21. The lowest BCUT2D eigenvalue weighted by atomic mass is 9.97. The van der Waals surface area contributed by atoms with E-state index in [4.69, 9.17) is 0 Å². The Morgan fingerprint density at radius 3 is 2.52 bits per heavy atom. The van der Waals surface area contributed by atoms with Crippen LogP contribution in [0.3, 0.4) is 0 Å². The first-order valence-electron chi connectivity index (χ1n) is 6.82. The van der Waals surface area contributed by atoms with Gasteiger partial charge in [-0.3, -0.25) is 4.68 Å². The highest BCUT2D eigenvalue weighted by atomic mass is 19.4. The molecule has 1 N–H and O–H groups in total. The maximum atomic E-state index is 13.2. The van der Waals surface area contributed by atoms with Crippen molar-refractivity contribution in [2.24, 2.45) is 7.05 Å². The van der Waals surface area contributed by atoms with Gasteiger partial charge in [-0.25, -0.2) is 0 Å². The maximum Gasteiger partial charge on any atom is 0.416 e. The summed E-state index contributed by atoms with van der Waals surface area (Å²) < 4.78 is 41.2. The van der Waals surface area contributed by atoms with Crippen molar-refractivity contribution in [3.05, 3.63) is 53.3 Å². The maximum absolute atomic E-state index is 13.2. The highest BCUT2D eigenvalue weighted by Crippen LogP contribution is 2.36. The number of aromatic nitrogens is 2. The lowest BCUT2D eigenvalue weighted by Crippen LogP contribution is -2.26. The number of halogens is 3. The van der Waals surface area contributed by atoms with Crippen LogP contribution >= 0.6 is 0 Å². The van der Waals surface area contributed by atoms with Crippen molar-refractivity contribution in [3.8, 4) is 0 Å². The van der Waals surface area contributed by atoms with Gasteiger partial charge in [0, 0.05) is 13.2 Å². The van der Waals surface area contributed by atoms with Crippen LogP contribution in [0.1, 0.15) is 36.2 Å². The number of benzene rings is 1. The van der Waals surface area contributed by atoms with Crippen LogP contribution in [0.4, 0.5) is 13.2 Å². The minimum absolute atomic E-state index is 0.206. The molecule has 2 rings (SSSR count). The first kappa shape index (κ1) is 15.6. The fourth-order valence-corrected chi connectivity index (χ4v) is 2.26.